The number of aromatic nitrogens is 1. The van der Waals surface area contributed by atoms with Crippen LogP contribution in [0.1, 0.15) is 5.56 Å². The minimum Gasteiger partial charge on any atom is -0.309 e. The zero-order chi connectivity index (χ0) is 21.2. The van der Waals surface area contributed by atoms with Gasteiger partial charge in [-0.2, -0.15) is 0 Å². The first-order valence-corrected chi connectivity index (χ1v) is 11.1. The molecule has 0 aliphatic rings. The Morgan fingerprint density at radius 1 is 0.469 bits per heavy atom. The third-order valence-corrected chi connectivity index (χ3v) is 6.82. The van der Waals surface area contributed by atoms with Crippen molar-refractivity contribution in [2.75, 3.05) is 0 Å². The molecular weight excluding hydrogens is 386 g/mol. The van der Waals surface area contributed by atoms with E-state index in [-0.39, 0.29) is 0 Å². The summed E-state index contributed by atoms with van der Waals surface area (Å²) in [5.74, 6) is 0. The molecule has 0 amide bonds. The summed E-state index contributed by atoms with van der Waals surface area (Å²) in [6.45, 7) is 2.14. The third kappa shape index (κ3) is 2.28. The standard InChI is InChI=1S/C31H21N/c1-20-14-17-22(18-15-20)32-28-13-7-6-12-26(28)30-27-19-16-21-8-2-3-9-23(21)29(27)24-10-4-5-11-25(24)31(30)32/h2-19H,1H3. The van der Waals surface area contributed by atoms with Crippen molar-refractivity contribution in [2.45, 2.75) is 6.92 Å². The van der Waals surface area contributed by atoms with E-state index in [0.717, 1.165) is 0 Å². The molecule has 7 rings (SSSR count). The van der Waals surface area contributed by atoms with Gasteiger partial charge in [0.1, 0.15) is 0 Å². The molecule has 0 fully saturated rings. The summed E-state index contributed by atoms with van der Waals surface area (Å²) < 4.78 is 2.45. The average molecular weight is 408 g/mol. The minimum atomic E-state index is 1.20. The quantitative estimate of drug-likeness (QED) is 0.240. The fourth-order valence-corrected chi connectivity index (χ4v) is 5.41. The van der Waals surface area contributed by atoms with Gasteiger partial charge in [-0.3, -0.25) is 0 Å². The van der Waals surface area contributed by atoms with Crippen LogP contribution in [0.15, 0.2) is 109 Å². The van der Waals surface area contributed by atoms with Gasteiger partial charge in [-0.1, -0.05) is 96.6 Å². The van der Waals surface area contributed by atoms with Crippen LogP contribution in [0.2, 0.25) is 0 Å². The number of hydrogen-bond acceptors (Lipinski definition) is 0. The summed E-state index contributed by atoms with van der Waals surface area (Å²) in [7, 11) is 0. The molecule has 1 heterocycles. The van der Waals surface area contributed by atoms with Gasteiger partial charge >= 0.3 is 0 Å². The fourth-order valence-electron chi connectivity index (χ4n) is 5.41. The zero-order valence-electron chi connectivity index (χ0n) is 17.8. The number of nitrogens with zero attached hydrogens (tertiary/aromatic N) is 1. The molecule has 0 N–H and O–H groups in total. The van der Waals surface area contributed by atoms with E-state index in [1.165, 1.54) is 65.4 Å². The second-order valence-corrected chi connectivity index (χ2v) is 8.67. The van der Waals surface area contributed by atoms with Gasteiger partial charge in [-0.25, -0.2) is 0 Å². The van der Waals surface area contributed by atoms with Gasteiger partial charge < -0.3 is 4.57 Å². The molecule has 32 heavy (non-hydrogen) atoms. The molecule has 0 bridgehead atoms. The highest BCUT2D eigenvalue weighted by atomic mass is 15.0. The first-order valence-electron chi connectivity index (χ1n) is 11.1. The molecule has 6 aromatic carbocycles. The van der Waals surface area contributed by atoms with Crippen molar-refractivity contribution >= 4 is 54.1 Å². The van der Waals surface area contributed by atoms with Crippen LogP contribution in [0.4, 0.5) is 0 Å². The van der Waals surface area contributed by atoms with Crippen LogP contribution >= 0.6 is 0 Å². The highest BCUT2D eigenvalue weighted by Crippen LogP contribution is 2.44. The lowest BCUT2D eigenvalue weighted by Crippen LogP contribution is -1.95. The molecule has 0 aliphatic carbocycles. The maximum Gasteiger partial charge on any atom is 0.0625 e. The van der Waals surface area contributed by atoms with Gasteiger partial charge in [-0.05, 0) is 52.1 Å². The molecule has 0 atom stereocenters. The molecule has 1 nitrogen and oxygen atoms in total. The fraction of sp³-hybridized carbons (Fsp3) is 0.0323. The van der Waals surface area contributed by atoms with Crippen molar-refractivity contribution in [3.05, 3.63) is 115 Å². The maximum atomic E-state index is 2.45. The van der Waals surface area contributed by atoms with E-state index in [1.54, 1.807) is 0 Å². The number of hydrogen-bond donors (Lipinski definition) is 0. The summed E-state index contributed by atoms with van der Waals surface area (Å²) in [6.07, 6.45) is 0. The van der Waals surface area contributed by atoms with E-state index < -0.39 is 0 Å². The Labute approximate surface area is 186 Å². The van der Waals surface area contributed by atoms with E-state index in [9.17, 15) is 0 Å². The lowest BCUT2D eigenvalue weighted by atomic mass is 9.93. The Hall–Kier alpha value is -4.10. The molecule has 1 aromatic heterocycles. The van der Waals surface area contributed by atoms with Gasteiger partial charge in [0.05, 0.1) is 11.0 Å². The van der Waals surface area contributed by atoms with Gasteiger partial charge in [0, 0.05) is 21.8 Å². The summed E-state index contributed by atoms with van der Waals surface area (Å²) in [4.78, 5) is 0. The summed E-state index contributed by atoms with van der Waals surface area (Å²) in [5, 5.41) is 10.5. The van der Waals surface area contributed by atoms with Crippen LogP contribution in [-0.4, -0.2) is 4.57 Å². The predicted octanol–water partition coefficient (Wildman–Crippen LogP) is 8.55. The van der Waals surface area contributed by atoms with Gasteiger partial charge in [0.15, 0.2) is 0 Å². The lowest BCUT2D eigenvalue weighted by Gasteiger charge is -2.14. The van der Waals surface area contributed by atoms with E-state index >= 15 is 0 Å². The van der Waals surface area contributed by atoms with Crippen LogP contribution in [-0.2, 0) is 0 Å². The minimum absolute atomic E-state index is 1.20. The summed E-state index contributed by atoms with van der Waals surface area (Å²) in [5.41, 5.74) is 5.01. The van der Waals surface area contributed by atoms with Crippen molar-refractivity contribution < 1.29 is 0 Å². The lowest BCUT2D eigenvalue weighted by molar-refractivity contribution is 1.18. The Balaban J connectivity index is 1.84. The molecule has 0 unspecified atom stereocenters. The predicted molar refractivity (Wildman–Crippen MR) is 138 cm³/mol. The van der Waals surface area contributed by atoms with E-state index in [1.807, 2.05) is 0 Å². The molecule has 0 aliphatic heterocycles. The normalized spacial score (nSPS) is 11.9. The first kappa shape index (κ1) is 17.6. The molecule has 1 heteroatoms. The number of fused-ring (bicyclic) bond motifs is 10. The van der Waals surface area contributed by atoms with E-state index in [0.29, 0.717) is 0 Å². The van der Waals surface area contributed by atoms with Crippen molar-refractivity contribution in [3.63, 3.8) is 0 Å². The van der Waals surface area contributed by atoms with Gasteiger partial charge in [0.2, 0.25) is 0 Å². The van der Waals surface area contributed by atoms with Crippen LogP contribution in [0.3, 0.4) is 0 Å². The van der Waals surface area contributed by atoms with Crippen LogP contribution in [0, 0.1) is 6.92 Å². The smallest absolute Gasteiger partial charge is 0.0625 e. The van der Waals surface area contributed by atoms with Crippen molar-refractivity contribution in [2.24, 2.45) is 0 Å². The largest absolute Gasteiger partial charge is 0.309 e. The molecule has 0 saturated heterocycles. The molecule has 150 valence electrons. The second-order valence-electron chi connectivity index (χ2n) is 8.67. The highest BCUT2D eigenvalue weighted by Gasteiger charge is 2.19. The first-order chi connectivity index (χ1) is 15.8. The number of benzene rings is 6. The Bertz CT molecular complexity index is 1820. The topological polar surface area (TPSA) is 4.93 Å². The monoisotopic (exact) mass is 407 g/mol. The van der Waals surface area contributed by atoms with Crippen molar-refractivity contribution in [1.82, 2.24) is 4.57 Å². The molecule has 0 saturated carbocycles. The molecule has 0 spiro atoms. The van der Waals surface area contributed by atoms with Gasteiger partial charge in [-0.15, -0.1) is 0 Å². The van der Waals surface area contributed by atoms with Gasteiger partial charge in [0.25, 0.3) is 0 Å². The Kier molecular flexibility index (Phi) is 3.54. The van der Waals surface area contributed by atoms with Crippen molar-refractivity contribution in [3.8, 4) is 5.69 Å². The SMILES string of the molecule is Cc1ccc(-n2c3ccccc3c3c4ccc5ccccc5c4c4ccccc4c32)cc1. The average Bonchev–Trinajstić information content (AvgIpc) is 3.20. The molecule has 0 radical (unpaired) electrons. The van der Waals surface area contributed by atoms with E-state index in [4.69, 9.17) is 0 Å². The van der Waals surface area contributed by atoms with E-state index in [2.05, 4.69) is 121 Å². The maximum absolute atomic E-state index is 2.45. The van der Waals surface area contributed by atoms with Crippen LogP contribution < -0.4 is 0 Å². The number of rotatable bonds is 1. The Morgan fingerprint density at radius 3 is 1.94 bits per heavy atom. The number of aryl methyl sites for hydroxylation is 1. The summed E-state index contributed by atoms with van der Waals surface area (Å²) >= 11 is 0. The highest BCUT2D eigenvalue weighted by molar-refractivity contribution is 6.36. The van der Waals surface area contributed by atoms with Crippen molar-refractivity contribution in [1.29, 1.82) is 0 Å². The number of para-hydroxylation sites is 1. The Morgan fingerprint density at radius 2 is 1.12 bits per heavy atom. The summed E-state index contributed by atoms with van der Waals surface area (Å²) in [6, 6.07) is 39.9. The molecule has 7 aromatic rings. The van der Waals surface area contributed by atoms with Crippen LogP contribution in [0.5, 0.6) is 0 Å². The van der Waals surface area contributed by atoms with Crippen LogP contribution in [0.25, 0.3) is 59.8 Å². The third-order valence-electron chi connectivity index (χ3n) is 6.82. The second kappa shape index (κ2) is 6.45. The zero-order valence-corrected chi connectivity index (χ0v) is 17.8. The molecular formula is C31H21N.